The smallest absolute Gasteiger partial charge is 0.136 e. The molecule has 20 heavy (non-hydrogen) atoms. The fourth-order valence-electron chi connectivity index (χ4n) is 2.92. The van der Waals surface area contributed by atoms with Gasteiger partial charge < -0.3 is 14.7 Å². The van der Waals surface area contributed by atoms with Crippen LogP contribution in [0, 0.1) is 5.92 Å². The number of fused-ring (bicyclic) bond motifs is 1. The molecule has 2 heterocycles. The molecule has 0 amide bonds. The lowest BCUT2D eigenvalue weighted by Crippen LogP contribution is -2.42. The van der Waals surface area contributed by atoms with Gasteiger partial charge in [-0.15, -0.1) is 0 Å². The monoisotopic (exact) mass is 272 g/mol. The summed E-state index contributed by atoms with van der Waals surface area (Å²) >= 11 is 0. The Balaban J connectivity index is 2.04. The maximum absolute atomic E-state index is 9.87. The molecule has 2 aromatic rings. The topological polar surface area (TPSA) is 45.6 Å². The first-order valence-electron chi connectivity index (χ1n) is 7.05. The molecule has 1 N–H and O–H groups in total. The molecule has 3 rings (SSSR count). The normalized spacial score (nSPS) is 23.1. The molecule has 0 radical (unpaired) electrons. The Morgan fingerprint density at radius 3 is 2.90 bits per heavy atom. The molecular formula is C16H20N2O2. The van der Waals surface area contributed by atoms with Crippen LogP contribution in [-0.2, 0) is 0 Å². The van der Waals surface area contributed by atoms with Crippen molar-refractivity contribution in [1.29, 1.82) is 0 Å². The number of aliphatic hydroxyl groups is 1. The van der Waals surface area contributed by atoms with Crippen LogP contribution in [0.4, 0.5) is 5.82 Å². The van der Waals surface area contributed by atoms with Gasteiger partial charge in [0, 0.05) is 30.1 Å². The van der Waals surface area contributed by atoms with Crippen LogP contribution in [0.15, 0.2) is 30.5 Å². The van der Waals surface area contributed by atoms with Crippen molar-refractivity contribution in [2.75, 3.05) is 25.1 Å². The van der Waals surface area contributed by atoms with Crippen molar-refractivity contribution in [3.05, 3.63) is 30.5 Å². The summed E-state index contributed by atoms with van der Waals surface area (Å²) in [5, 5.41) is 12.1. The Kier molecular flexibility index (Phi) is 3.49. The number of hydrogen-bond acceptors (Lipinski definition) is 4. The van der Waals surface area contributed by atoms with Gasteiger partial charge in [-0.05, 0) is 24.5 Å². The molecule has 2 atom stereocenters. The van der Waals surface area contributed by atoms with E-state index in [9.17, 15) is 5.11 Å². The van der Waals surface area contributed by atoms with Crippen LogP contribution >= 0.6 is 0 Å². The van der Waals surface area contributed by atoms with Gasteiger partial charge in [0.1, 0.15) is 11.6 Å². The minimum Gasteiger partial charge on any atom is -0.496 e. The summed E-state index contributed by atoms with van der Waals surface area (Å²) in [5.74, 6) is 2.13. The van der Waals surface area contributed by atoms with Crippen LogP contribution < -0.4 is 9.64 Å². The van der Waals surface area contributed by atoms with E-state index in [4.69, 9.17) is 4.74 Å². The fourth-order valence-corrected chi connectivity index (χ4v) is 2.92. The molecule has 0 saturated carbocycles. The maximum atomic E-state index is 9.87. The van der Waals surface area contributed by atoms with E-state index in [1.807, 2.05) is 24.4 Å². The van der Waals surface area contributed by atoms with E-state index in [-0.39, 0.29) is 12.0 Å². The second kappa shape index (κ2) is 5.29. The van der Waals surface area contributed by atoms with E-state index in [0.717, 1.165) is 41.9 Å². The summed E-state index contributed by atoms with van der Waals surface area (Å²) in [7, 11) is 1.69. The molecule has 0 bridgehead atoms. The van der Waals surface area contributed by atoms with Gasteiger partial charge in [0.2, 0.25) is 0 Å². The summed E-state index contributed by atoms with van der Waals surface area (Å²) in [5.41, 5.74) is 0. The molecule has 2 unspecified atom stereocenters. The van der Waals surface area contributed by atoms with Crippen LogP contribution in [0.1, 0.15) is 13.3 Å². The molecule has 0 spiro atoms. The summed E-state index contributed by atoms with van der Waals surface area (Å²) in [6.07, 6.45) is 2.43. The Hall–Kier alpha value is -1.81. The fraction of sp³-hybridized carbons (Fsp3) is 0.438. The number of benzene rings is 1. The summed E-state index contributed by atoms with van der Waals surface area (Å²) < 4.78 is 5.42. The van der Waals surface area contributed by atoms with Gasteiger partial charge in [-0.3, -0.25) is 0 Å². The SMILES string of the molecule is COc1cccc2c(N3CCC(O)C(C)C3)nccc12. The third-order valence-corrected chi connectivity index (χ3v) is 4.12. The third kappa shape index (κ3) is 2.20. The molecule has 1 aromatic carbocycles. The van der Waals surface area contributed by atoms with Crippen LogP contribution in [0.25, 0.3) is 10.8 Å². The standard InChI is InChI=1S/C16H20N2O2/c1-11-10-18(9-7-14(11)19)16-13-4-3-5-15(20-2)12(13)6-8-17-16/h3-6,8,11,14,19H,7,9-10H2,1-2H3. The quantitative estimate of drug-likeness (QED) is 0.912. The molecule has 4 heteroatoms. The highest BCUT2D eigenvalue weighted by Gasteiger charge is 2.26. The first-order valence-corrected chi connectivity index (χ1v) is 7.05. The van der Waals surface area contributed by atoms with Crippen molar-refractivity contribution in [2.24, 2.45) is 5.92 Å². The number of hydrogen-bond donors (Lipinski definition) is 1. The zero-order valence-electron chi connectivity index (χ0n) is 11.9. The van der Waals surface area contributed by atoms with Gasteiger partial charge >= 0.3 is 0 Å². The molecule has 1 aliphatic rings. The van der Waals surface area contributed by atoms with Gasteiger partial charge in [0.15, 0.2) is 0 Å². The Morgan fingerprint density at radius 2 is 2.15 bits per heavy atom. The third-order valence-electron chi connectivity index (χ3n) is 4.12. The zero-order chi connectivity index (χ0) is 14.1. The van der Waals surface area contributed by atoms with Crippen molar-refractivity contribution in [2.45, 2.75) is 19.4 Å². The van der Waals surface area contributed by atoms with Crippen LogP contribution in [0.5, 0.6) is 5.75 Å². The number of pyridine rings is 1. The number of aliphatic hydroxyl groups excluding tert-OH is 1. The van der Waals surface area contributed by atoms with Crippen LogP contribution in [0.3, 0.4) is 0 Å². The van der Waals surface area contributed by atoms with Gasteiger partial charge in [0.05, 0.1) is 13.2 Å². The first kappa shape index (κ1) is 13.2. The summed E-state index contributed by atoms with van der Waals surface area (Å²) in [6, 6.07) is 8.03. The lowest BCUT2D eigenvalue weighted by Gasteiger charge is -2.35. The zero-order valence-corrected chi connectivity index (χ0v) is 11.9. The number of methoxy groups -OCH3 is 1. The van der Waals surface area contributed by atoms with Gasteiger partial charge in [0.25, 0.3) is 0 Å². The van der Waals surface area contributed by atoms with Crippen molar-refractivity contribution in [3.8, 4) is 5.75 Å². The summed E-state index contributed by atoms with van der Waals surface area (Å²) in [4.78, 5) is 6.82. The second-order valence-electron chi connectivity index (χ2n) is 5.47. The van der Waals surface area contributed by atoms with E-state index in [2.05, 4.69) is 22.9 Å². The average molecular weight is 272 g/mol. The van der Waals surface area contributed by atoms with E-state index < -0.39 is 0 Å². The minimum absolute atomic E-state index is 0.198. The lowest BCUT2D eigenvalue weighted by atomic mass is 9.96. The number of nitrogens with zero attached hydrogens (tertiary/aromatic N) is 2. The molecule has 1 saturated heterocycles. The number of rotatable bonds is 2. The van der Waals surface area contributed by atoms with E-state index in [1.54, 1.807) is 7.11 Å². The first-order chi connectivity index (χ1) is 9.70. The highest BCUT2D eigenvalue weighted by molar-refractivity contribution is 5.96. The van der Waals surface area contributed by atoms with Crippen molar-refractivity contribution >= 4 is 16.6 Å². The Bertz CT molecular complexity index is 614. The van der Waals surface area contributed by atoms with E-state index in [0.29, 0.717) is 0 Å². The van der Waals surface area contributed by atoms with Crippen LogP contribution in [-0.4, -0.2) is 36.4 Å². The number of ether oxygens (including phenoxy) is 1. The number of aromatic nitrogens is 1. The molecule has 4 nitrogen and oxygen atoms in total. The maximum Gasteiger partial charge on any atom is 0.136 e. The van der Waals surface area contributed by atoms with E-state index >= 15 is 0 Å². The van der Waals surface area contributed by atoms with Gasteiger partial charge in [-0.25, -0.2) is 4.98 Å². The molecule has 0 aliphatic carbocycles. The van der Waals surface area contributed by atoms with E-state index in [1.165, 1.54) is 0 Å². The predicted molar refractivity (Wildman–Crippen MR) is 80.3 cm³/mol. The van der Waals surface area contributed by atoms with Gasteiger partial charge in [-0.1, -0.05) is 19.1 Å². The molecule has 1 aliphatic heterocycles. The highest BCUT2D eigenvalue weighted by atomic mass is 16.5. The Morgan fingerprint density at radius 1 is 1.30 bits per heavy atom. The van der Waals surface area contributed by atoms with Crippen molar-refractivity contribution in [1.82, 2.24) is 4.98 Å². The minimum atomic E-state index is -0.198. The largest absolute Gasteiger partial charge is 0.496 e. The predicted octanol–water partition coefficient (Wildman–Crippen LogP) is 2.45. The highest BCUT2D eigenvalue weighted by Crippen LogP contribution is 2.32. The van der Waals surface area contributed by atoms with Crippen molar-refractivity contribution in [3.63, 3.8) is 0 Å². The van der Waals surface area contributed by atoms with Crippen LogP contribution in [0.2, 0.25) is 0 Å². The number of piperidine rings is 1. The van der Waals surface area contributed by atoms with Crippen molar-refractivity contribution < 1.29 is 9.84 Å². The van der Waals surface area contributed by atoms with Gasteiger partial charge in [-0.2, -0.15) is 0 Å². The molecular weight excluding hydrogens is 252 g/mol. The molecule has 106 valence electrons. The average Bonchev–Trinajstić information content (AvgIpc) is 2.49. The Labute approximate surface area is 119 Å². The lowest BCUT2D eigenvalue weighted by molar-refractivity contribution is 0.0969. The second-order valence-corrected chi connectivity index (χ2v) is 5.47. The number of anilines is 1. The molecule has 1 aromatic heterocycles. The summed E-state index contributed by atoms with van der Waals surface area (Å²) in [6.45, 7) is 3.77. The molecule has 1 fully saturated rings.